The fraction of sp³-hybridized carbons (Fsp3) is 0.429. The zero-order chi connectivity index (χ0) is 14.5. The molecule has 5 nitrogen and oxygen atoms in total. The monoisotopic (exact) mass is 294 g/mol. The second-order valence-electron chi connectivity index (χ2n) is 4.52. The second-order valence-corrected chi connectivity index (χ2v) is 4.96. The highest BCUT2D eigenvalue weighted by molar-refractivity contribution is 6.31. The van der Waals surface area contributed by atoms with Gasteiger partial charge in [0.1, 0.15) is 0 Å². The highest BCUT2D eigenvalue weighted by Crippen LogP contribution is 2.27. The minimum Gasteiger partial charge on any atom is -0.398 e. The van der Waals surface area contributed by atoms with Crippen molar-refractivity contribution in [2.24, 2.45) is 0 Å². The molecule has 0 spiro atoms. The number of aromatic nitrogens is 2. The van der Waals surface area contributed by atoms with Crippen LogP contribution >= 0.6 is 11.6 Å². The summed E-state index contributed by atoms with van der Waals surface area (Å²) in [7, 11) is 0. The zero-order valence-electron chi connectivity index (χ0n) is 11.8. The second kappa shape index (κ2) is 6.72. The van der Waals surface area contributed by atoms with Crippen molar-refractivity contribution in [3.05, 3.63) is 29.0 Å². The van der Waals surface area contributed by atoms with Gasteiger partial charge in [-0.25, -0.2) is 0 Å². The highest BCUT2D eigenvalue weighted by Gasteiger charge is 2.12. The van der Waals surface area contributed by atoms with Crippen LogP contribution < -0.4 is 5.73 Å². The molecule has 0 unspecified atom stereocenters. The predicted octanol–water partition coefficient (Wildman–Crippen LogP) is 2.86. The Kier molecular flexibility index (Phi) is 4.98. The molecule has 2 aromatic rings. The number of hydrogen-bond acceptors (Lipinski definition) is 5. The normalized spacial score (nSPS) is 11.2. The number of nitrogens with zero attached hydrogens (tertiary/aromatic N) is 3. The van der Waals surface area contributed by atoms with E-state index in [1.54, 1.807) is 18.2 Å². The summed E-state index contributed by atoms with van der Waals surface area (Å²) < 4.78 is 5.27. The van der Waals surface area contributed by atoms with E-state index in [0.717, 1.165) is 31.6 Å². The first-order chi connectivity index (χ1) is 9.63. The lowest BCUT2D eigenvalue weighted by molar-refractivity contribution is 0.303. The van der Waals surface area contributed by atoms with Crippen LogP contribution in [0.1, 0.15) is 19.7 Å². The summed E-state index contributed by atoms with van der Waals surface area (Å²) in [5, 5.41) is 4.59. The van der Waals surface area contributed by atoms with Gasteiger partial charge < -0.3 is 15.2 Å². The number of nitrogen functional groups attached to an aromatic ring is 1. The number of anilines is 1. The molecule has 1 aromatic carbocycles. The van der Waals surface area contributed by atoms with Gasteiger partial charge in [-0.15, -0.1) is 0 Å². The Bertz CT molecular complexity index is 566. The number of benzene rings is 1. The van der Waals surface area contributed by atoms with Gasteiger partial charge in [0.2, 0.25) is 0 Å². The summed E-state index contributed by atoms with van der Waals surface area (Å²) in [5.41, 5.74) is 7.16. The molecule has 0 amide bonds. The van der Waals surface area contributed by atoms with E-state index < -0.39 is 0 Å². The fourth-order valence-electron chi connectivity index (χ4n) is 1.99. The van der Waals surface area contributed by atoms with E-state index in [4.69, 9.17) is 21.9 Å². The number of nitrogens with two attached hydrogens (primary N) is 1. The van der Waals surface area contributed by atoms with Crippen LogP contribution in [0.2, 0.25) is 5.02 Å². The zero-order valence-corrected chi connectivity index (χ0v) is 12.5. The smallest absolute Gasteiger partial charge is 0.260 e. The summed E-state index contributed by atoms with van der Waals surface area (Å²) in [6.45, 7) is 7.23. The number of halogens is 1. The highest BCUT2D eigenvalue weighted by atomic mass is 35.5. The van der Waals surface area contributed by atoms with Crippen LogP contribution in [0.4, 0.5) is 5.69 Å². The number of rotatable bonds is 6. The molecular formula is C14H19ClN4O. The van der Waals surface area contributed by atoms with E-state index in [0.29, 0.717) is 22.4 Å². The van der Waals surface area contributed by atoms with Crippen molar-refractivity contribution in [2.75, 3.05) is 25.4 Å². The average Bonchev–Trinajstić information content (AvgIpc) is 2.88. The van der Waals surface area contributed by atoms with Crippen molar-refractivity contribution >= 4 is 17.3 Å². The van der Waals surface area contributed by atoms with E-state index in [9.17, 15) is 0 Å². The molecule has 0 aliphatic rings. The first-order valence-electron chi connectivity index (χ1n) is 6.74. The topological polar surface area (TPSA) is 68.2 Å². The molecule has 0 aliphatic heterocycles. The first-order valence-corrected chi connectivity index (χ1v) is 7.12. The number of hydrogen-bond donors (Lipinski definition) is 1. The van der Waals surface area contributed by atoms with E-state index in [-0.39, 0.29) is 0 Å². The minimum atomic E-state index is 0.439. The Labute approximate surface area is 123 Å². The van der Waals surface area contributed by atoms with E-state index in [1.165, 1.54) is 0 Å². The third-order valence-corrected chi connectivity index (χ3v) is 3.49. The van der Waals surface area contributed by atoms with Crippen molar-refractivity contribution in [3.8, 4) is 11.5 Å². The molecule has 0 atom stereocenters. The van der Waals surface area contributed by atoms with Crippen LogP contribution in [0.3, 0.4) is 0 Å². The summed E-state index contributed by atoms with van der Waals surface area (Å²) in [4.78, 5) is 6.70. The predicted molar refractivity (Wildman–Crippen MR) is 80.6 cm³/mol. The molecule has 0 fully saturated rings. The molecule has 0 radical (unpaired) electrons. The van der Waals surface area contributed by atoms with Gasteiger partial charge in [-0.3, -0.25) is 0 Å². The van der Waals surface area contributed by atoms with Gasteiger partial charge in [-0.1, -0.05) is 30.6 Å². The molecule has 2 N–H and O–H groups in total. The van der Waals surface area contributed by atoms with Gasteiger partial charge >= 0.3 is 0 Å². The number of likely N-dealkylation sites (N-methyl/N-ethyl adjacent to an activating group) is 1. The van der Waals surface area contributed by atoms with Crippen LogP contribution in [-0.2, 0) is 6.42 Å². The van der Waals surface area contributed by atoms with Crippen LogP contribution in [0.5, 0.6) is 0 Å². The van der Waals surface area contributed by atoms with Gasteiger partial charge in [-0.05, 0) is 31.3 Å². The Morgan fingerprint density at radius 1 is 1.30 bits per heavy atom. The lowest BCUT2D eigenvalue weighted by atomic mass is 10.2. The Balaban J connectivity index is 2.08. The summed E-state index contributed by atoms with van der Waals surface area (Å²) in [5.74, 6) is 1.13. The standard InChI is InChI=1S/C14H19ClN4O/c1-3-19(4-2)8-7-13-17-14(20-18-13)11-6-5-10(15)9-12(11)16/h5-6,9H,3-4,7-8,16H2,1-2H3. The van der Waals surface area contributed by atoms with Gasteiger partial charge in [0, 0.05) is 23.7 Å². The largest absolute Gasteiger partial charge is 0.398 e. The van der Waals surface area contributed by atoms with E-state index >= 15 is 0 Å². The van der Waals surface area contributed by atoms with Crippen LogP contribution in [0, 0.1) is 0 Å². The minimum absolute atomic E-state index is 0.439. The van der Waals surface area contributed by atoms with Crippen LogP contribution in [0.15, 0.2) is 22.7 Å². The molecule has 1 heterocycles. The first kappa shape index (κ1) is 14.8. The molecule has 108 valence electrons. The van der Waals surface area contributed by atoms with Crippen molar-refractivity contribution in [3.63, 3.8) is 0 Å². The van der Waals surface area contributed by atoms with Gasteiger partial charge in [0.15, 0.2) is 5.82 Å². The molecule has 0 aliphatic carbocycles. The SMILES string of the molecule is CCN(CC)CCc1noc(-c2ccc(Cl)cc2N)n1. The molecule has 6 heteroatoms. The molecule has 0 bridgehead atoms. The average molecular weight is 295 g/mol. The quantitative estimate of drug-likeness (QED) is 0.830. The Morgan fingerprint density at radius 2 is 2.05 bits per heavy atom. The Hall–Kier alpha value is -1.59. The van der Waals surface area contributed by atoms with Crippen molar-refractivity contribution < 1.29 is 4.52 Å². The van der Waals surface area contributed by atoms with Gasteiger partial charge in [-0.2, -0.15) is 4.98 Å². The molecule has 0 saturated carbocycles. The van der Waals surface area contributed by atoms with Crippen molar-refractivity contribution in [2.45, 2.75) is 20.3 Å². The Morgan fingerprint density at radius 3 is 2.70 bits per heavy atom. The van der Waals surface area contributed by atoms with Crippen molar-refractivity contribution in [1.82, 2.24) is 15.0 Å². The van der Waals surface area contributed by atoms with Gasteiger partial charge in [0.25, 0.3) is 5.89 Å². The lowest BCUT2D eigenvalue weighted by Gasteiger charge is -2.16. The summed E-state index contributed by atoms with van der Waals surface area (Å²) in [6, 6.07) is 5.23. The lowest BCUT2D eigenvalue weighted by Crippen LogP contribution is -2.25. The summed E-state index contributed by atoms with van der Waals surface area (Å²) >= 11 is 5.87. The third-order valence-electron chi connectivity index (χ3n) is 3.26. The van der Waals surface area contributed by atoms with Crippen molar-refractivity contribution in [1.29, 1.82) is 0 Å². The van der Waals surface area contributed by atoms with Gasteiger partial charge in [0.05, 0.1) is 5.56 Å². The van der Waals surface area contributed by atoms with Crippen LogP contribution in [0.25, 0.3) is 11.5 Å². The molecule has 0 saturated heterocycles. The summed E-state index contributed by atoms with van der Waals surface area (Å²) in [6.07, 6.45) is 0.763. The molecule has 2 rings (SSSR count). The maximum Gasteiger partial charge on any atom is 0.260 e. The van der Waals surface area contributed by atoms with E-state index in [2.05, 4.69) is 28.9 Å². The molecule has 20 heavy (non-hydrogen) atoms. The molecule has 1 aromatic heterocycles. The van der Waals surface area contributed by atoms with Crippen LogP contribution in [-0.4, -0.2) is 34.7 Å². The fourth-order valence-corrected chi connectivity index (χ4v) is 2.17. The van der Waals surface area contributed by atoms with E-state index in [1.807, 2.05) is 0 Å². The maximum atomic E-state index is 5.91. The third kappa shape index (κ3) is 3.49. The molecular weight excluding hydrogens is 276 g/mol. The maximum absolute atomic E-state index is 5.91.